The average Bonchev–Trinajstić information content (AvgIpc) is 2.56. The van der Waals surface area contributed by atoms with Gasteiger partial charge in [0.2, 0.25) is 0 Å². The van der Waals surface area contributed by atoms with Crippen LogP contribution >= 0.6 is 0 Å². The van der Waals surface area contributed by atoms with Crippen LogP contribution in [0.1, 0.15) is 90.4 Å². The molecule has 3 aliphatic rings. The Labute approximate surface area is 131 Å². The molecule has 3 aliphatic carbocycles. The van der Waals surface area contributed by atoms with E-state index in [2.05, 4.69) is 6.92 Å². The standard InChI is InChI=1S/C20H35F/c1-2-15-3-5-16(6-4-15)17-7-9-18(10-8-17)19-11-13-20(21)14-12-19/h15-20H,2-14H2,1H3. The van der Waals surface area contributed by atoms with Crippen LogP contribution in [0.25, 0.3) is 0 Å². The Bertz CT molecular complexity index is 289. The molecule has 0 atom stereocenters. The van der Waals surface area contributed by atoms with Gasteiger partial charge >= 0.3 is 0 Å². The Morgan fingerprint density at radius 3 is 1.29 bits per heavy atom. The molecule has 0 bridgehead atoms. The van der Waals surface area contributed by atoms with E-state index >= 15 is 0 Å². The molecule has 3 saturated carbocycles. The SMILES string of the molecule is CCC1CCC(C2CCC(C3CCC(F)CC3)CC2)CC1. The summed E-state index contributed by atoms with van der Waals surface area (Å²) >= 11 is 0. The van der Waals surface area contributed by atoms with Crippen molar-refractivity contribution in [2.45, 2.75) is 96.6 Å². The van der Waals surface area contributed by atoms with Crippen LogP contribution in [0.15, 0.2) is 0 Å². The number of halogens is 1. The zero-order valence-corrected chi connectivity index (χ0v) is 14.0. The van der Waals surface area contributed by atoms with Gasteiger partial charge in [0.05, 0.1) is 0 Å². The van der Waals surface area contributed by atoms with Crippen molar-refractivity contribution >= 4 is 0 Å². The quantitative estimate of drug-likeness (QED) is 0.554. The van der Waals surface area contributed by atoms with Gasteiger partial charge in [-0.15, -0.1) is 0 Å². The molecule has 0 aliphatic heterocycles. The van der Waals surface area contributed by atoms with Crippen LogP contribution in [0.2, 0.25) is 0 Å². The number of hydrogen-bond acceptors (Lipinski definition) is 0. The zero-order chi connectivity index (χ0) is 14.7. The summed E-state index contributed by atoms with van der Waals surface area (Å²) in [5.41, 5.74) is 0. The van der Waals surface area contributed by atoms with E-state index in [4.69, 9.17) is 0 Å². The summed E-state index contributed by atoms with van der Waals surface area (Å²) in [6, 6.07) is 0. The van der Waals surface area contributed by atoms with Gasteiger partial charge < -0.3 is 0 Å². The van der Waals surface area contributed by atoms with Gasteiger partial charge in [-0.2, -0.15) is 0 Å². The molecule has 0 aromatic carbocycles. The fourth-order valence-corrected chi connectivity index (χ4v) is 5.71. The molecule has 0 aromatic rings. The Balaban J connectivity index is 1.41. The predicted molar refractivity (Wildman–Crippen MR) is 88.0 cm³/mol. The van der Waals surface area contributed by atoms with E-state index in [1.165, 1.54) is 70.6 Å². The van der Waals surface area contributed by atoms with Crippen LogP contribution in [0.5, 0.6) is 0 Å². The van der Waals surface area contributed by atoms with Crippen LogP contribution in [0, 0.1) is 29.6 Å². The van der Waals surface area contributed by atoms with E-state index in [0.29, 0.717) is 0 Å². The Kier molecular flexibility index (Phi) is 5.62. The van der Waals surface area contributed by atoms with Gasteiger partial charge in [-0.05, 0) is 93.8 Å². The van der Waals surface area contributed by atoms with E-state index in [0.717, 1.165) is 42.4 Å². The predicted octanol–water partition coefficient (Wildman–Crippen LogP) is 6.54. The summed E-state index contributed by atoms with van der Waals surface area (Å²) in [7, 11) is 0. The molecule has 3 rings (SSSR count). The maximum Gasteiger partial charge on any atom is 0.100 e. The lowest BCUT2D eigenvalue weighted by Crippen LogP contribution is -2.29. The number of alkyl halides is 1. The Hall–Kier alpha value is -0.0700. The largest absolute Gasteiger partial charge is 0.247 e. The molecule has 0 nitrogen and oxygen atoms in total. The summed E-state index contributed by atoms with van der Waals surface area (Å²) < 4.78 is 13.3. The fraction of sp³-hybridized carbons (Fsp3) is 1.00. The van der Waals surface area contributed by atoms with Gasteiger partial charge in [-0.3, -0.25) is 0 Å². The van der Waals surface area contributed by atoms with Crippen molar-refractivity contribution in [1.82, 2.24) is 0 Å². The van der Waals surface area contributed by atoms with Crippen LogP contribution in [0.4, 0.5) is 4.39 Å². The van der Waals surface area contributed by atoms with E-state index < -0.39 is 6.17 Å². The minimum absolute atomic E-state index is 0.480. The number of rotatable bonds is 3. The van der Waals surface area contributed by atoms with Gasteiger partial charge in [-0.25, -0.2) is 4.39 Å². The second kappa shape index (κ2) is 7.47. The lowest BCUT2D eigenvalue weighted by molar-refractivity contribution is 0.0971. The van der Waals surface area contributed by atoms with Crippen LogP contribution in [-0.4, -0.2) is 6.17 Å². The summed E-state index contributed by atoms with van der Waals surface area (Å²) in [6.45, 7) is 2.36. The first-order chi connectivity index (χ1) is 10.3. The lowest BCUT2D eigenvalue weighted by Gasteiger charge is -2.40. The summed E-state index contributed by atoms with van der Waals surface area (Å²) in [6.07, 6.45) is 16.9. The van der Waals surface area contributed by atoms with E-state index in [9.17, 15) is 4.39 Å². The van der Waals surface area contributed by atoms with Crippen molar-refractivity contribution in [2.75, 3.05) is 0 Å². The molecule has 0 aromatic heterocycles. The Morgan fingerprint density at radius 1 is 0.571 bits per heavy atom. The van der Waals surface area contributed by atoms with E-state index in [-0.39, 0.29) is 0 Å². The summed E-state index contributed by atoms with van der Waals surface area (Å²) in [5, 5.41) is 0. The van der Waals surface area contributed by atoms with Crippen LogP contribution < -0.4 is 0 Å². The smallest absolute Gasteiger partial charge is 0.100 e. The number of hydrogen-bond donors (Lipinski definition) is 0. The van der Waals surface area contributed by atoms with E-state index in [1.54, 1.807) is 0 Å². The van der Waals surface area contributed by atoms with Crippen molar-refractivity contribution in [3.05, 3.63) is 0 Å². The maximum atomic E-state index is 13.3. The fourth-order valence-electron chi connectivity index (χ4n) is 5.71. The molecule has 0 heterocycles. The highest BCUT2D eigenvalue weighted by Gasteiger charge is 2.34. The molecule has 0 spiro atoms. The summed E-state index contributed by atoms with van der Waals surface area (Å²) in [4.78, 5) is 0. The molecular formula is C20H35F. The highest BCUT2D eigenvalue weighted by atomic mass is 19.1. The van der Waals surface area contributed by atoms with Gasteiger partial charge in [0.25, 0.3) is 0 Å². The lowest BCUT2D eigenvalue weighted by atomic mass is 9.65. The molecule has 21 heavy (non-hydrogen) atoms. The first kappa shape index (κ1) is 15.8. The molecular weight excluding hydrogens is 259 g/mol. The highest BCUT2D eigenvalue weighted by molar-refractivity contribution is 4.85. The summed E-state index contributed by atoms with van der Waals surface area (Å²) in [5.74, 6) is 4.94. The highest BCUT2D eigenvalue weighted by Crippen LogP contribution is 2.45. The van der Waals surface area contributed by atoms with E-state index in [1.807, 2.05) is 0 Å². The normalized spacial score (nSPS) is 45.4. The van der Waals surface area contributed by atoms with Crippen molar-refractivity contribution < 1.29 is 4.39 Å². The Morgan fingerprint density at radius 2 is 0.905 bits per heavy atom. The minimum atomic E-state index is -0.480. The van der Waals surface area contributed by atoms with Gasteiger partial charge in [0, 0.05) is 0 Å². The third-order valence-electron chi connectivity index (χ3n) is 7.32. The van der Waals surface area contributed by atoms with Crippen molar-refractivity contribution in [3.8, 4) is 0 Å². The molecule has 3 fully saturated rings. The third-order valence-corrected chi connectivity index (χ3v) is 7.32. The zero-order valence-electron chi connectivity index (χ0n) is 14.0. The molecule has 0 radical (unpaired) electrons. The molecule has 0 saturated heterocycles. The van der Waals surface area contributed by atoms with Crippen LogP contribution in [0.3, 0.4) is 0 Å². The molecule has 1 heteroatoms. The molecule has 0 N–H and O–H groups in total. The molecule has 122 valence electrons. The molecule has 0 amide bonds. The second-order valence-electron chi connectivity index (χ2n) is 8.38. The van der Waals surface area contributed by atoms with Crippen molar-refractivity contribution in [2.24, 2.45) is 29.6 Å². The second-order valence-corrected chi connectivity index (χ2v) is 8.38. The van der Waals surface area contributed by atoms with Crippen molar-refractivity contribution in [3.63, 3.8) is 0 Å². The first-order valence-corrected chi connectivity index (χ1v) is 9.90. The average molecular weight is 294 g/mol. The molecule has 0 unspecified atom stereocenters. The maximum absolute atomic E-state index is 13.3. The van der Waals surface area contributed by atoms with Gasteiger partial charge in [-0.1, -0.05) is 26.2 Å². The topological polar surface area (TPSA) is 0 Å². The third kappa shape index (κ3) is 4.02. The van der Waals surface area contributed by atoms with Crippen molar-refractivity contribution in [1.29, 1.82) is 0 Å². The van der Waals surface area contributed by atoms with Gasteiger partial charge in [0.15, 0.2) is 0 Å². The van der Waals surface area contributed by atoms with Crippen LogP contribution in [-0.2, 0) is 0 Å². The monoisotopic (exact) mass is 294 g/mol. The minimum Gasteiger partial charge on any atom is -0.247 e. The first-order valence-electron chi connectivity index (χ1n) is 9.90. The van der Waals surface area contributed by atoms with Gasteiger partial charge in [0.1, 0.15) is 6.17 Å².